The van der Waals surface area contributed by atoms with E-state index in [0.29, 0.717) is 11.7 Å². The Morgan fingerprint density at radius 3 is 2.60 bits per heavy atom. The van der Waals surface area contributed by atoms with Crippen molar-refractivity contribution >= 4 is 17.5 Å². The van der Waals surface area contributed by atoms with Crippen molar-refractivity contribution in [2.24, 2.45) is 5.92 Å². The van der Waals surface area contributed by atoms with Crippen LogP contribution in [0.2, 0.25) is 0 Å². The van der Waals surface area contributed by atoms with E-state index >= 15 is 0 Å². The zero-order valence-electron chi connectivity index (χ0n) is 9.96. The monoisotopic (exact) mass is 228 g/mol. The Labute approximate surface area is 98.4 Å². The van der Waals surface area contributed by atoms with Crippen molar-refractivity contribution in [2.45, 2.75) is 58.3 Å². The van der Waals surface area contributed by atoms with Gasteiger partial charge in [-0.2, -0.15) is 11.8 Å². The lowest BCUT2D eigenvalue weighted by atomic mass is 9.87. The van der Waals surface area contributed by atoms with E-state index in [0.717, 1.165) is 18.6 Å². The Hall–Kier alpha value is 0.0200. The van der Waals surface area contributed by atoms with E-state index in [4.69, 9.17) is 0 Å². The average molecular weight is 228 g/mol. The SMILES string of the molecule is CCCCCSCC(=O)C1CCCCC1. The largest absolute Gasteiger partial charge is 0.298 e. The molecule has 0 aromatic heterocycles. The number of hydrogen-bond acceptors (Lipinski definition) is 2. The predicted molar refractivity (Wildman–Crippen MR) is 68.4 cm³/mol. The zero-order valence-corrected chi connectivity index (χ0v) is 10.8. The van der Waals surface area contributed by atoms with Crippen molar-refractivity contribution in [3.8, 4) is 0 Å². The number of thioether (sulfide) groups is 1. The van der Waals surface area contributed by atoms with Gasteiger partial charge in [0.2, 0.25) is 0 Å². The van der Waals surface area contributed by atoms with Gasteiger partial charge in [0.25, 0.3) is 0 Å². The molecule has 1 nitrogen and oxygen atoms in total. The molecule has 1 aliphatic carbocycles. The van der Waals surface area contributed by atoms with Gasteiger partial charge >= 0.3 is 0 Å². The van der Waals surface area contributed by atoms with Gasteiger partial charge in [-0.15, -0.1) is 0 Å². The van der Waals surface area contributed by atoms with Crippen LogP contribution >= 0.6 is 11.8 Å². The van der Waals surface area contributed by atoms with Crippen LogP contribution in [0.15, 0.2) is 0 Å². The average Bonchev–Trinajstić information content (AvgIpc) is 2.30. The molecule has 1 fully saturated rings. The fourth-order valence-electron chi connectivity index (χ4n) is 2.17. The van der Waals surface area contributed by atoms with Crippen molar-refractivity contribution in [2.75, 3.05) is 11.5 Å². The molecule has 0 amide bonds. The second-order valence-corrected chi connectivity index (χ2v) is 5.67. The van der Waals surface area contributed by atoms with Crippen molar-refractivity contribution < 1.29 is 4.79 Å². The molecule has 0 heterocycles. The maximum atomic E-state index is 11.8. The molecule has 2 heteroatoms. The number of Topliss-reactive ketones (excluding diaryl/α,β-unsaturated/α-hetero) is 1. The van der Waals surface area contributed by atoms with Gasteiger partial charge in [-0.1, -0.05) is 39.0 Å². The van der Waals surface area contributed by atoms with Crippen LogP contribution in [-0.2, 0) is 4.79 Å². The molecule has 0 bridgehead atoms. The molecule has 0 saturated heterocycles. The Morgan fingerprint density at radius 2 is 1.93 bits per heavy atom. The van der Waals surface area contributed by atoms with Crippen LogP contribution in [0.5, 0.6) is 0 Å². The predicted octanol–water partition coefficient (Wildman–Crippen LogP) is 4.06. The Balaban J connectivity index is 2.02. The van der Waals surface area contributed by atoms with E-state index < -0.39 is 0 Å². The summed E-state index contributed by atoms with van der Waals surface area (Å²) in [7, 11) is 0. The molecule has 1 rings (SSSR count). The molecule has 0 atom stereocenters. The van der Waals surface area contributed by atoms with Gasteiger partial charge < -0.3 is 0 Å². The third-order valence-electron chi connectivity index (χ3n) is 3.20. The number of carbonyl (C=O) groups excluding carboxylic acids is 1. The Bertz CT molecular complexity index is 173. The molecule has 0 N–H and O–H groups in total. The van der Waals surface area contributed by atoms with Gasteiger partial charge in [0.1, 0.15) is 5.78 Å². The van der Waals surface area contributed by atoms with Crippen molar-refractivity contribution in [3.05, 3.63) is 0 Å². The lowest BCUT2D eigenvalue weighted by molar-refractivity contribution is -0.121. The van der Waals surface area contributed by atoms with Gasteiger partial charge in [0.15, 0.2) is 0 Å². The highest BCUT2D eigenvalue weighted by molar-refractivity contribution is 7.99. The first-order valence-electron chi connectivity index (χ1n) is 6.45. The summed E-state index contributed by atoms with van der Waals surface area (Å²) in [5, 5.41) is 0. The molecule has 0 unspecified atom stereocenters. The highest BCUT2D eigenvalue weighted by Crippen LogP contribution is 2.25. The summed E-state index contributed by atoms with van der Waals surface area (Å²) in [6.45, 7) is 2.22. The first-order valence-corrected chi connectivity index (χ1v) is 7.60. The van der Waals surface area contributed by atoms with Crippen LogP contribution in [0.4, 0.5) is 0 Å². The molecular formula is C13H24OS. The standard InChI is InChI=1S/C13H24OS/c1-2-3-7-10-15-11-13(14)12-8-5-4-6-9-12/h12H,2-11H2,1H3. The molecule has 0 aliphatic heterocycles. The maximum absolute atomic E-state index is 11.8. The van der Waals surface area contributed by atoms with Crippen molar-refractivity contribution in [1.82, 2.24) is 0 Å². The third-order valence-corrected chi connectivity index (χ3v) is 4.26. The number of unbranched alkanes of at least 4 members (excludes halogenated alkanes) is 2. The summed E-state index contributed by atoms with van der Waals surface area (Å²) >= 11 is 1.85. The molecule has 1 saturated carbocycles. The summed E-state index contributed by atoms with van der Waals surface area (Å²) in [5.74, 6) is 2.88. The third kappa shape index (κ3) is 5.60. The second-order valence-electron chi connectivity index (χ2n) is 4.56. The molecule has 88 valence electrons. The minimum absolute atomic E-state index is 0.414. The summed E-state index contributed by atoms with van der Waals surface area (Å²) in [6.07, 6.45) is 10.1. The maximum Gasteiger partial charge on any atom is 0.145 e. The topological polar surface area (TPSA) is 17.1 Å². The first-order chi connectivity index (χ1) is 7.34. The number of hydrogen-bond donors (Lipinski definition) is 0. The molecule has 0 aromatic rings. The van der Waals surface area contributed by atoms with E-state index in [2.05, 4.69) is 6.92 Å². The normalized spacial score (nSPS) is 17.9. The lowest BCUT2D eigenvalue weighted by Crippen LogP contribution is -2.19. The minimum Gasteiger partial charge on any atom is -0.298 e. The van der Waals surface area contributed by atoms with Crippen molar-refractivity contribution in [1.29, 1.82) is 0 Å². The fraction of sp³-hybridized carbons (Fsp3) is 0.923. The molecule has 0 spiro atoms. The lowest BCUT2D eigenvalue weighted by Gasteiger charge is -2.19. The van der Waals surface area contributed by atoms with Crippen LogP contribution in [0.1, 0.15) is 58.3 Å². The highest BCUT2D eigenvalue weighted by atomic mass is 32.2. The van der Waals surface area contributed by atoms with E-state index in [1.54, 1.807) is 0 Å². The van der Waals surface area contributed by atoms with Crippen LogP contribution in [0.25, 0.3) is 0 Å². The summed E-state index contributed by atoms with van der Waals surface area (Å²) in [4.78, 5) is 11.8. The van der Waals surface area contributed by atoms with E-state index in [9.17, 15) is 4.79 Å². The quantitative estimate of drug-likeness (QED) is 0.611. The van der Waals surface area contributed by atoms with E-state index in [1.807, 2.05) is 11.8 Å². The molecule has 15 heavy (non-hydrogen) atoms. The smallest absolute Gasteiger partial charge is 0.145 e. The molecule has 0 radical (unpaired) electrons. The molecule has 0 aromatic carbocycles. The Morgan fingerprint density at radius 1 is 1.20 bits per heavy atom. The van der Waals surface area contributed by atoms with Gasteiger partial charge in [-0.05, 0) is 25.0 Å². The van der Waals surface area contributed by atoms with Crippen LogP contribution < -0.4 is 0 Å². The van der Waals surface area contributed by atoms with Gasteiger partial charge in [0, 0.05) is 5.92 Å². The summed E-state index contributed by atoms with van der Waals surface area (Å²) < 4.78 is 0. The summed E-state index contributed by atoms with van der Waals surface area (Å²) in [6, 6.07) is 0. The van der Waals surface area contributed by atoms with Crippen LogP contribution in [-0.4, -0.2) is 17.3 Å². The van der Waals surface area contributed by atoms with Gasteiger partial charge in [0.05, 0.1) is 5.75 Å². The van der Waals surface area contributed by atoms with Crippen LogP contribution in [0.3, 0.4) is 0 Å². The Kier molecular flexibility index (Phi) is 7.16. The van der Waals surface area contributed by atoms with E-state index in [1.165, 1.54) is 44.3 Å². The van der Waals surface area contributed by atoms with Gasteiger partial charge in [-0.25, -0.2) is 0 Å². The highest BCUT2D eigenvalue weighted by Gasteiger charge is 2.20. The number of carbonyl (C=O) groups is 1. The number of ketones is 1. The second kappa shape index (κ2) is 8.20. The minimum atomic E-state index is 0.414. The van der Waals surface area contributed by atoms with Gasteiger partial charge in [-0.3, -0.25) is 4.79 Å². The van der Waals surface area contributed by atoms with E-state index in [-0.39, 0.29) is 0 Å². The first kappa shape index (κ1) is 13.1. The van der Waals surface area contributed by atoms with Crippen molar-refractivity contribution in [3.63, 3.8) is 0 Å². The summed E-state index contributed by atoms with van der Waals surface area (Å²) in [5.41, 5.74) is 0. The molecule has 1 aliphatic rings. The molecular weight excluding hydrogens is 204 g/mol. The number of rotatable bonds is 7. The van der Waals surface area contributed by atoms with Crippen LogP contribution in [0, 0.1) is 5.92 Å². The fourth-order valence-corrected chi connectivity index (χ4v) is 3.16. The zero-order chi connectivity index (χ0) is 10.9.